The molecule has 0 spiro atoms. The van der Waals surface area contributed by atoms with E-state index in [1.165, 1.54) is 16.5 Å². The van der Waals surface area contributed by atoms with Crippen LogP contribution in [0.5, 0.6) is 0 Å². The van der Waals surface area contributed by atoms with Crippen LogP contribution in [0, 0.1) is 0 Å². The van der Waals surface area contributed by atoms with E-state index in [4.69, 9.17) is 0 Å². The Balaban J connectivity index is 2.12. The van der Waals surface area contributed by atoms with Gasteiger partial charge in [-0.15, -0.1) is 0 Å². The Hall–Kier alpha value is -1.81. The molecule has 1 aromatic heterocycles. The third-order valence-corrected chi connectivity index (χ3v) is 3.64. The summed E-state index contributed by atoms with van der Waals surface area (Å²) in [6, 6.07) is 8.63. The Labute approximate surface area is 114 Å². The maximum atomic E-state index is 4.49. The molecule has 4 nitrogen and oxygen atoms in total. The zero-order valence-corrected chi connectivity index (χ0v) is 11.6. The van der Waals surface area contributed by atoms with Crippen LogP contribution in [0.25, 0.3) is 10.8 Å². The van der Waals surface area contributed by atoms with Gasteiger partial charge in [0.05, 0.1) is 0 Å². The number of piperazine rings is 1. The van der Waals surface area contributed by atoms with Gasteiger partial charge in [-0.3, -0.25) is 0 Å². The van der Waals surface area contributed by atoms with Gasteiger partial charge < -0.3 is 15.1 Å². The number of nitrogens with one attached hydrogen (secondary N) is 1. The molecule has 0 bridgehead atoms. The van der Waals surface area contributed by atoms with Gasteiger partial charge in [-0.05, 0) is 12.1 Å². The van der Waals surface area contributed by atoms with Crippen LogP contribution in [0.1, 0.15) is 0 Å². The molecule has 0 radical (unpaired) electrons. The fourth-order valence-electron chi connectivity index (χ4n) is 2.71. The van der Waals surface area contributed by atoms with Crippen molar-refractivity contribution in [1.29, 1.82) is 0 Å². The van der Waals surface area contributed by atoms with Crippen LogP contribution < -0.4 is 15.1 Å². The lowest BCUT2D eigenvalue weighted by atomic mass is 10.1. The highest BCUT2D eigenvalue weighted by atomic mass is 15.2. The van der Waals surface area contributed by atoms with Crippen molar-refractivity contribution in [3.63, 3.8) is 0 Å². The summed E-state index contributed by atoms with van der Waals surface area (Å²) in [5.74, 6) is 1.04. The van der Waals surface area contributed by atoms with E-state index in [-0.39, 0.29) is 0 Å². The van der Waals surface area contributed by atoms with Gasteiger partial charge in [-0.2, -0.15) is 0 Å². The van der Waals surface area contributed by atoms with Crippen LogP contribution >= 0.6 is 0 Å². The van der Waals surface area contributed by atoms with Crippen molar-refractivity contribution in [2.45, 2.75) is 0 Å². The van der Waals surface area contributed by atoms with E-state index in [9.17, 15) is 0 Å². The first-order valence-corrected chi connectivity index (χ1v) is 6.78. The van der Waals surface area contributed by atoms with Gasteiger partial charge in [0.15, 0.2) is 0 Å². The highest BCUT2D eigenvalue weighted by Gasteiger charge is 2.14. The number of hydrogen-bond acceptors (Lipinski definition) is 4. The van der Waals surface area contributed by atoms with E-state index in [0.717, 1.165) is 32.0 Å². The quantitative estimate of drug-likeness (QED) is 0.886. The molecule has 0 saturated carbocycles. The van der Waals surface area contributed by atoms with Gasteiger partial charge in [0.2, 0.25) is 0 Å². The van der Waals surface area contributed by atoms with Crippen LogP contribution in [0.3, 0.4) is 0 Å². The molecule has 1 N–H and O–H groups in total. The Kier molecular flexibility index (Phi) is 3.25. The number of hydrogen-bond donors (Lipinski definition) is 1. The first kappa shape index (κ1) is 12.2. The third-order valence-electron chi connectivity index (χ3n) is 3.64. The van der Waals surface area contributed by atoms with E-state index in [1.54, 1.807) is 0 Å². The number of benzene rings is 1. The lowest BCUT2D eigenvalue weighted by Crippen LogP contribution is -2.43. The van der Waals surface area contributed by atoms with Gasteiger partial charge in [0.1, 0.15) is 5.82 Å². The maximum Gasteiger partial charge on any atom is 0.135 e. The molecular weight excluding hydrogens is 236 g/mol. The van der Waals surface area contributed by atoms with Crippen LogP contribution in [-0.4, -0.2) is 45.3 Å². The van der Waals surface area contributed by atoms with Gasteiger partial charge in [-0.1, -0.05) is 12.1 Å². The van der Waals surface area contributed by atoms with Gasteiger partial charge in [-0.25, -0.2) is 4.98 Å². The van der Waals surface area contributed by atoms with E-state index < -0.39 is 0 Å². The Morgan fingerprint density at radius 3 is 2.63 bits per heavy atom. The molecule has 1 fully saturated rings. The monoisotopic (exact) mass is 256 g/mol. The topological polar surface area (TPSA) is 31.4 Å². The summed E-state index contributed by atoms with van der Waals surface area (Å²) in [7, 11) is 4.08. The number of anilines is 2. The average Bonchev–Trinajstić information content (AvgIpc) is 2.46. The summed E-state index contributed by atoms with van der Waals surface area (Å²) in [5.41, 5.74) is 1.32. The first-order chi connectivity index (χ1) is 9.27. The van der Waals surface area contributed by atoms with Crippen LogP contribution in [0.4, 0.5) is 11.5 Å². The summed E-state index contributed by atoms with van der Waals surface area (Å²) in [6.07, 6.45) is 1.91. The minimum Gasteiger partial charge on any atom is -0.368 e. The van der Waals surface area contributed by atoms with Crippen molar-refractivity contribution in [3.05, 3.63) is 30.5 Å². The summed E-state index contributed by atoms with van der Waals surface area (Å²) in [4.78, 5) is 9.02. The van der Waals surface area contributed by atoms with E-state index in [2.05, 4.69) is 44.4 Å². The normalized spacial score (nSPS) is 15.8. The molecule has 2 heterocycles. The SMILES string of the molecule is CN(C)c1nccc2c(N3CCNCC3)cccc12. The molecule has 0 atom stereocenters. The van der Waals surface area contributed by atoms with Crippen LogP contribution in [0.2, 0.25) is 0 Å². The van der Waals surface area contributed by atoms with Gasteiger partial charge in [0, 0.05) is 62.9 Å². The standard InChI is InChI=1S/C15H20N4/c1-18(2)15-13-4-3-5-14(12(13)6-7-17-15)19-10-8-16-9-11-19/h3-7,16H,8-11H2,1-2H3. The summed E-state index contributed by atoms with van der Waals surface area (Å²) in [5, 5.41) is 5.92. The maximum absolute atomic E-state index is 4.49. The second-order valence-electron chi connectivity index (χ2n) is 5.14. The molecule has 1 aromatic carbocycles. The average molecular weight is 256 g/mol. The number of fused-ring (bicyclic) bond motifs is 1. The summed E-state index contributed by atoms with van der Waals surface area (Å²) < 4.78 is 0. The van der Waals surface area contributed by atoms with Crippen molar-refractivity contribution in [2.75, 3.05) is 50.1 Å². The summed E-state index contributed by atoms with van der Waals surface area (Å²) >= 11 is 0. The van der Waals surface area contributed by atoms with Crippen molar-refractivity contribution in [2.24, 2.45) is 0 Å². The Morgan fingerprint density at radius 2 is 1.89 bits per heavy atom. The second kappa shape index (κ2) is 5.05. The molecule has 0 unspecified atom stereocenters. The van der Waals surface area contributed by atoms with Gasteiger partial charge in [0.25, 0.3) is 0 Å². The number of nitrogens with zero attached hydrogens (tertiary/aromatic N) is 3. The van der Waals surface area contributed by atoms with Crippen LogP contribution in [-0.2, 0) is 0 Å². The molecule has 2 aromatic rings. The number of pyridine rings is 1. The predicted molar refractivity (Wildman–Crippen MR) is 81.2 cm³/mol. The molecule has 1 saturated heterocycles. The second-order valence-corrected chi connectivity index (χ2v) is 5.14. The molecule has 4 heteroatoms. The van der Waals surface area contributed by atoms with Crippen molar-refractivity contribution < 1.29 is 0 Å². The first-order valence-electron chi connectivity index (χ1n) is 6.78. The fourth-order valence-corrected chi connectivity index (χ4v) is 2.71. The van der Waals surface area contributed by atoms with Gasteiger partial charge >= 0.3 is 0 Å². The fraction of sp³-hybridized carbons (Fsp3) is 0.400. The Morgan fingerprint density at radius 1 is 1.11 bits per heavy atom. The predicted octanol–water partition coefficient (Wildman–Crippen LogP) is 1.71. The van der Waals surface area contributed by atoms with Crippen molar-refractivity contribution >= 4 is 22.3 Å². The molecule has 19 heavy (non-hydrogen) atoms. The minimum atomic E-state index is 1.04. The number of rotatable bonds is 2. The molecule has 1 aliphatic rings. The smallest absolute Gasteiger partial charge is 0.135 e. The lowest BCUT2D eigenvalue weighted by molar-refractivity contribution is 0.590. The molecule has 3 rings (SSSR count). The van der Waals surface area contributed by atoms with E-state index in [0.29, 0.717) is 0 Å². The summed E-state index contributed by atoms with van der Waals surface area (Å²) in [6.45, 7) is 4.25. The van der Waals surface area contributed by atoms with Crippen LogP contribution in [0.15, 0.2) is 30.5 Å². The van der Waals surface area contributed by atoms with E-state index >= 15 is 0 Å². The molecule has 0 aliphatic carbocycles. The highest BCUT2D eigenvalue weighted by molar-refractivity contribution is 6.00. The Bertz CT molecular complexity index is 573. The molecular formula is C15H20N4. The minimum absolute atomic E-state index is 1.04. The largest absolute Gasteiger partial charge is 0.368 e. The van der Waals surface area contributed by atoms with E-state index in [1.807, 2.05) is 20.3 Å². The van der Waals surface area contributed by atoms with Crippen molar-refractivity contribution in [1.82, 2.24) is 10.3 Å². The van der Waals surface area contributed by atoms with Crippen molar-refractivity contribution in [3.8, 4) is 0 Å². The zero-order chi connectivity index (χ0) is 13.2. The highest BCUT2D eigenvalue weighted by Crippen LogP contribution is 2.31. The third kappa shape index (κ3) is 2.24. The lowest BCUT2D eigenvalue weighted by Gasteiger charge is -2.30. The molecule has 1 aliphatic heterocycles. The zero-order valence-electron chi connectivity index (χ0n) is 11.6. The molecule has 0 amide bonds. The number of aromatic nitrogens is 1. The molecule has 100 valence electrons.